The Morgan fingerprint density at radius 2 is 1.94 bits per heavy atom. The Morgan fingerprint density at radius 3 is 2.44 bits per heavy atom. The molecule has 3 nitrogen and oxygen atoms in total. The fraction of sp³-hybridized carbons (Fsp3) is 0.333. The molecule has 1 aromatic rings. The Morgan fingerprint density at radius 1 is 1.31 bits per heavy atom. The summed E-state index contributed by atoms with van der Waals surface area (Å²) in [5, 5.41) is 8.53. The zero-order chi connectivity index (χ0) is 12.0. The molecule has 86 valence electrons. The first-order valence-electron chi connectivity index (χ1n) is 5.01. The van der Waals surface area contributed by atoms with Crippen molar-refractivity contribution in [3.63, 3.8) is 0 Å². The van der Waals surface area contributed by atoms with Crippen LogP contribution in [0, 0.1) is 0 Å². The van der Waals surface area contributed by atoms with Crippen LogP contribution in [0.3, 0.4) is 0 Å². The Bertz CT molecular complexity index is 346. The van der Waals surface area contributed by atoms with Gasteiger partial charge in [-0.25, -0.2) is 0 Å². The van der Waals surface area contributed by atoms with Gasteiger partial charge in [0.2, 0.25) is 0 Å². The van der Waals surface area contributed by atoms with Gasteiger partial charge in [0, 0.05) is 12.2 Å². The number of hydrogen-bond acceptors (Lipinski definition) is 3. The average Bonchev–Trinajstić information content (AvgIpc) is 2.16. The summed E-state index contributed by atoms with van der Waals surface area (Å²) in [5.41, 5.74) is 1.06. The van der Waals surface area contributed by atoms with Crippen molar-refractivity contribution in [3.05, 3.63) is 35.9 Å². The summed E-state index contributed by atoms with van der Waals surface area (Å²) in [6.07, 6.45) is 0.622. The van der Waals surface area contributed by atoms with E-state index in [1.165, 1.54) is 6.92 Å². The number of aliphatic carboxylic acids is 1. The Hall–Kier alpha value is -1.29. The van der Waals surface area contributed by atoms with Crippen LogP contribution in [0.4, 0.5) is 0 Å². The molecule has 0 saturated heterocycles. The van der Waals surface area contributed by atoms with Crippen LogP contribution in [-0.4, -0.2) is 21.4 Å². The zero-order valence-corrected chi connectivity index (χ0v) is 9.87. The van der Waals surface area contributed by atoms with Gasteiger partial charge in [0.05, 0.1) is 6.42 Å². The molecule has 0 aromatic heterocycles. The van der Waals surface area contributed by atoms with Crippen LogP contribution in [-0.2, 0) is 16.0 Å². The predicted octanol–water partition coefficient (Wildman–Crippen LogP) is 2.35. The third-order valence-corrected chi connectivity index (χ3v) is 3.04. The van der Waals surface area contributed by atoms with Gasteiger partial charge in [0.25, 0.3) is 0 Å². The molecule has 0 amide bonds. The molecule has 0 spiro atoms. The molecule has 4 heteroatoms. The van der Waals surface area contributed by atoms with E-state index in [9.17, 15) is 9.59 Å². The maximum Gasteiger partial charge on any atom is 0.304 e. The van der Waals surface area contributed by atoms with Crippen molar-refractivity contribution in [1.29, 1.82) is 0 Å². The highest BCUT2D eigenvalue weighted by Gasteiger charge is 2.16. The van der Waals surface area contributed by atoms with Gasteiger partial charge >= 0.3 is 5.97 Å². The van der Waals surface area contributed by atoms with Crippen LogP contribution >= 0.6 is 11.8 Å². The van der Waals surface area contributed by atoms with Crippen molar-refractivity contribution >= 4 is 22.8 Å². The van der Waals surface area contributed by atoms with E-state index in [2.05, 4.69) is 0 Å². The van der Waals surface area contributed by atoms with Crippen molar-refractivity contribution in [2.45, 2.75) is 25.0 Å². The summed E-state index contributed by atoms with van der Waals surface area (Å²) in [4.78, 5) is 21.7. The second-order valence-electron chi connectivity index (χ2n) is 3.52. The molecule has 0 bridgehead atoms. The van der Waals surface area contributed by atoms with Gasteiger partial charge in [-0.3, -0.25) is 9.59 Å². The molecular formula is C12H14O3S. The highest BCUT2D eigenvalue weighted by molar-refractivity contribution is 8.14. The molecule has 0 heterocycles. The van der Waals surface area contributed by atoms with E-state index in [0.29, 0.717) is 6.42 Å². The molecule has 0 saturated carbocycles. The second kappa shape index (κ2) is 6.33. The normalized spacial score (nSPS) is 12.1. The van der Waals surface area contributed by atoms with E-state index in [1.54, 1.807) is 0 Å². The lowest BCUT2D eigenvalue weighted by Gasteiger charge is -2.12. The van der Waals surface area contributed by atoms with Gasteiger partial charge < -0.3 is 5.11 Å². The highest BCUT2D eigenvalue weighted by Crippen LogP contribution is 2.20. The van der Waals surface area contributed by atoms with Gasteiger partial charge in [-0.15, -0.1) is 0 Å². The van der Waals surface area contributed by atoms with Crippen molar-refractivity contribution in [3.8, 4) is 0 Å². The van der Waals surface area contributed by atoms with E-state index in [-0.39, 0.29) is 16.8 Å². The van der Waals surface area contributed by atoms with Gasteiger partial charge in [0.15, 0.2) is 5.12 Å². The van der Waals surface area contributed by atoms with E-state index >= 15 is 0 Å². The number of rotatable bonds is 5. The second-order valence-corrected chi connectivity index (χ2v) is 5.00. The van der Waals surface area contributed by atoms with Crippen LogP contribution in [0.1, 0.15) is 18.9 Å². The lowest BCUT2D eigenvalue weighted by molar-refractivity contribution is -0.136. The minimum atomic E-state index is -0.866. The summed E-state index contributed by atoms with van der Waals surface area (Å²) in [6, 6.07) is 9.61. The fourth-order valence-electron chi connectivity index (χ4n) is 1.46. The topological polar surface area (TPSA) is 54.4 Å². The van der Waals surface area contributed by atoms with E-state index in [1.807, 2.05) is 30.3 Å². The molecule has 0 fully saturated rings. The number of carbonyl (C=O) groups is 2. The minimum absolute atomic E-state index is 0.0130. The number of hydrogen-bond donors (Lipinski definition) is 1. The van der Waals surface area contributed by atoms with E-state index < -0.39 is 5.97 Å². The van der Waals surface area contributed by atoms with Crippen LogP contribution in [0.25, 0.3) is 0 Å². The summed E-state index contributed by atoms with van der Waals surface area (Å²) in [5.74, 6) is -0.866. The lowest BCUT2D eigenvalue weighted by atomic mass is 10.1. The zero-order valence-electron chi connectivity index (χ0n) is 9.05. The maximum absolute atomic E-state index is 11.0. The maximum atomic E-state index is 11.0. The number of carbonyl (C=O) groups excluding carboxylic acids is 1. The molecule has 1 unspecified atom stereocenters. The van der Waals surface area contributed by atoms with Crippen LogP contribution < -0.4 is 0 Å². The Balaban J connectivity index is 2.63. The molecule has 0 radical (unpaired) electrons. The monoisotopic (exact) mass is 238 g/mol. The van der Waals surface area contributed by atoms with Crippen molar-refractivity contribution in [1.82, 2.24) is 0 Å². The van der Waals surface area contributed by atoms with E-state index in [4.69, 9.17) is 5.11 Å². The third-order valence-electron chi connectivity index (χ3n) is 2.04. The molecule has 1 atom stereocenters. The van der Waals surface area contributed by atoms with Gasteiger partial charge in [-0.2, -0.15) is 0 Å². The lowest BCUT2D eigenvalue weighted by Crippen LogP contribution is -2.14. The predicted molar refractivity (Wildman–Crippen MR) is 64.5 cm³/mol. The molecule has 0 aliphatic carbocycles. The first kappa shape index (κ1) is 12.8. The molecule has 0 aliphatic rings. The minimum Gasteiger partial charge on any atom is -0.481 e. The molecular weight excluding hydrogens is 224 g/mol. The average molecular weight is 238 g/mol. The van der Waals surface area contributed by atoms with Crippen LogP contribution in [0.5, 0.6) is 0 Å². The quantitative estimate of drug-likeness (QED) is 0.855. The fourth-order valence-corrected chi connectivity index (χ4v) is 2.43. The Kier molecular flexibility index (Phi) is 5.05. The highest BCUT2D eigenvalue weighted by atomic mass is 32.2. The summed E-state index contributed by atoms with van der Waals surface area (Å²) >= 11 is 1.10. The number of thioether (sulfide) groups is 1. The first-order chi connectivity index (χ1) is 7.58. The van der Waals surface area contributed by atoms with Gasteiger partial charge in [-0.1, -0.05) is 42.1 Å². The number of carboxylic acids is 1. The van der Waals surface area contributed by atoms with Crippen LogP contribution in [0.2, 0.25) is 0 Å². The molecule has 1 aromatic carbocycles. The van der Waals surface area contributed by atoms with Gasteiger partial charge in [-0.05, 0) is 12.0 Å². The van der Waals surface area contributed by atoms with Crippen LogP contribution in [0.15, 0.2) is 30.3 Å². The van der Waals surface area contributed by atoms with E-state index in [0.717, 1.165) is 17.3 Å². The van der Waals surface area contributed by atoms with Crippen molar-refractivity contribution in [2.75, 3.05) is 0 Å². The SMILES string of the molecule is CC(=O)SC(CC(=O)O)Cc1ccccc1. The largest absolute Gasteiger partial charge is 0.481 e. The third kappa shape index (κ3) is 4.98. The standard InChI is InChI=1S/C12H14O3S/c1-9(13)16-11(8-12(14)15)7-10-5-3-2-4-6-10/h2-6,11H,7-8H2,1H3,(H,14,15). The van der Waals surface area contributed by atoms with Crippen molar-refractivity contribution < 1.29 is 14.7 Å². The summed E-state index contributed by atoms with van der Waals surface area (Å²) < 4.78 is 0. The molecule has 1 rings (SSSR count). The number of benzene rings is 1. The molecule has 1 N–H and O–H groups in total. The number of carboxylic acid groups (broad SMARTS) is 1. The van der Waals surface area contributed by atoms with Gasteiger partial charge in [0.1, 0.15) is 0 Å². The molecule has 16 heavy (non-hydrogen) atoms. The smallest absolute Gasteiger partial charge is 0.304 e. The Labute approximate surface area is 98.9 Å². The first-order valence-corrected chi connectivity index (χ1v) is 5.89. The summed E-state index contributed by atoms with van der Waals surface area (Å²) in [7, 11) is 0. The van der Waals surface area contributed by atoms with Crippen molar-refractivity contribution in [2.24, 2.45) is 0 Å². The molecule has 0 aliphatic heterocycles. The summed E-state index contributed by atoms with van der Waals surface area (Å²) in [6.45, 7) is 1.46.